The Kier molecular flexibility index (Phi) is 5.74. The predicted molar refractivity (Wildman–Crippen MR) is 111 cm³/mol. The van der Waals surface area contributed by atoms with Crippen LogP contribution in [0.2, 0.25) is 0 Å². The molecule has 1 fully saturated rings. The van der Waals surface area contributed by atoms with Gasteiger partial charge in [-0.25, -0.2) is 9.97 Å². The number of fused-ring (bicyclic) bond motifs is 1. The van der Waals surface area contributed by atoms with E-state index in [1.807, 2.05) is 18.2 Å². The van der Waals surface area contributed by atoms with E-state index >= 15 is 0 Å². The molecule has 1 aromatic carbocycles. The average Bonchev–Trinajstić information content (AvgIpc) is 3.12. The minimum absolute atomic E-state index is 0.0816. The lowest BCUT2D eigenvalue weighted by molar-refractivity contribution is -0.147. The molecule has 3 aromatic rings. The molecular weight excluding hydrogens is 376 g/mol. The summed E-state index contributed by atoms with van der Waals surface area (Å²) < 4.78 is 5.67. The summed E-state index contributed by atoms with van der Waals surface area (Å²) in [7, 11) is 0. The summed E-state index contributed by atoms with van der Waals surface area (Å²) in [6.45, 7) is 2.23. The second-order valence-corrected chi connectivity index (χ2v) is 9.04. The number of nitrogens with zero attached hydrogens (tertiary/aromatic N) is 2. The summed E-state index contributed by atoms with van der Waals surface area (Å²) in [6, 6.07) is 12.4. The van der Waals surface area contributed by atoms with E-state index in [9.17, 15) is 4.79 Å². The maximum atomic E-state index is 12.3. The fourth-order valence-corrected chi connectivity index (χ4v) is 5.35. The number of carbonyl (C=O) groups is 1. The minimum Gasteiger partial charge on any atom is -0.462 e. The van der Waals surface area contributed by atoms with Gasteiger partial charge in [-0.3, -0.25) is 4.79 Å². The lowest BCUT2D eigenvalue weighted by Gasteiger charge is -2.26. The zero-order valence-electron chi connectivity index (χ0n) is 15.3. The van der Waals surface area contributed by atoms with Crippen LogP contribution in [0.3, 0.4) is 0 Å². The Morgan fingerprint density at radius 3 is 2.93 bits per heavy atom. The highest BCUT2D eigenvalue weighted by molar-refractivity contribution is 8.00. The van der Waals surface area contributed by atoms with Gasteiger partial charge in [-0.05, 0) is 36.8 Å². The third-order valence-electron chi connectivity index (χ3n) is 4.86. The fourth-order valence-electron chi connectivity index (χ4n) is 3.53. The molecule has 140 valence electrons. The summed E-state index contributed by atoms with van der Waals surface area (Å²) in [5.74, 6) is 0.783. The minimum atomic E-state index is -0.149. The number of aromatic nitrogens is 2. The van der Waals surface area contributed by atoms with Gasteiger partial charge in [0, 0.05) is 10.3 Å². The van der Waals surface area contributed by atoms with Crippen molar-refractivity contribution >= 4 is 39.3 Å². The van der Waals surface area contributed by atoms with Gasteiger partial charge in [-0.1, -0.05) is 55.4 Å². The number of hydrogen-bond donors (Lipinski definition) is 0. The first-order chi connectivity index (χ1) is 13.2. The maximum Gasteiger partial charge on any atom is 0.316 e. The predicted octanol–water partition coefficient (Wildman–Crippen LogP) is 5.57. The quantitative estimate of drug-likeness (QED) is 0.319. The van der Waals surface area contributed by atoms with Gasteiger partial charge in [-0.15, -0.1) is 11.3 Å². The Bertz CT molecular complexity index is 926. The number of rotatable bonds is 5. The molecule has 6 heteroatoms. The number of carbonyl (C=O) groups excluding carboxylic acids is 1. The molecule has 0 radical (unpaired) electrons. The van der Waals surface area contributed by atoms with Crippen LogP contribution in [0, 0.1) is 5.92 Å². The SMILES string of the molecule is CC1CCCC(OC(=O)CSc2ncnc3sc(-c4ccccc4)cc23)C1. The highest BCUT2D eigenvalue weighted by Crippen LogP contribution is 2.36. The van der Waals surface area contributed by atoms with Gasteiger partial charge in [0.1, 0.15) is 22.3 Å². The number of benzene rings is 1. The molecule has 1 saturated carbocycles. The van der Waals surface area contributed by atoms with Gasteiger partial charge in [-0.2, -0.15) is 0 Å². The van der Waals surface area contributed by atoms with Crippen LogP contribution in [0.4, 0.5) is 0 Å². The standard InChI is InChI=1S/C21H22N2O2S2/c1-14-6-5-9-16(10-14)25-19(24)12-26-20-17-11-18(15-7-3-2-4-8-15)27-21(17)23-13-22-20/h2-4,7-8,11,13-14,16H,5-6,9-10,12H2,1H3. The molecule has 4 nitrogen and oxygen atoms in total. The average molecular weight is 399 g/mol. The van der Waals surface area contributed by atoms with Gasteiger partial charge < -0.3 is 4.74 Å². The first kappa shape index (κ1) is 18.4. The molecule has 27 heavy (non-hydrogen) atoms. The number of ether oxygens (including phenoxy) is 1. The van der Waals surface area contributed by atoms with Crippen LogP contribution in [0.15, 0.2) is 47.8 Å². The van der Waals surface area contributed by atoms with Gasteiger partial charge in [0.2, 0.25) is 0 Å². The van der Waals surface area contributed by atoms with E-state index in [0.29, 0.717) is 5.92 Å². The maximum absolute atomic E-state index is 12.3. The largest absolute Gasteiger partial charge is 0.462 e. The Labute approximate surface area is 167 Å². The Hall–Kier alpha value is -1.92. The van der Waals surface area contributed by atoms with Crippen molar-refractivity contribution in [2.45, 2.75) is 43.7 Å². The molecule has 0 aliphatic heterocycles. The molecular formula is C21H22N2O2S2. The third kappa shape index (κ3) is 4.50. The summed E-state index contributed by atoms with van der Waals surface area (Å²) in [5.41, 5.74) is 1.17. The van der Waals surface area contributed by atoms with Crippen molar-refractivity contribution in [2.24, 2.45) is 5.92 Å². The zero-order chi connectivity index (χ0) is 18.6. The van der Waals surface area contributed by atoms with Crippen LogP contribution < -0.4 is 0 Å². The Balaban J connectivity index is 1.44. The van der Waals surface area contributed by atoms with Gasteiger partial charge >= 0.3 is 5.97 Å². The summed E-state index contributed by atoms with van der Waals surface area (Å²) >= 11 is 3.08. The topological polar surface area (TPSA) is 52.1 Å². The van der Waals surface area contributed by atoms with Crippen molar-refractivity contribution in [1.29, 1.82) is 0 Å². The van der Waals surface area contributed by atoms with Gasteiger partial charge in [0.15, 0.2) is 0 Å². The Morgan fingerprint density at radius 1 is 1.26 bits per heavy atom. The number of thioether (sulfide) groups is 1. The lowest BCUT2D eigenvalue weighted by Crippen LogP contribution is -2.25. The van der Waals surface area contributed by atoms with E-state index in [1.165, 1.54) is 23.7 Å². The van der Waals surface area contributed by atoms with Crippen LogP contribution in [-0.4, -0.2) is 27.8 Å². The van der Waals surface area contributed by atoms with E-state index in [4.69, 9.17) is 4.74 Å². The number of hydrogen-bond acceptors (Lipinski definition) is 6. The highest BCUT2D eigenvalue weighted by atomic mass is 32.2. The molecule has 0 spiro atoms. The molecule has 0 saturated heterocycles. The second-order valence-electron chi connectivity index (χ2n) is 7.05. The number of esters is 1. The van der Waals surface area contributed by atoms with Crippen LogP contribution in [0.5, 0.6) is 0 Å². The normalized spacial score (nSPS) is 19.9. The molecule has 2 aromatic heterocycles. The van der Waals surface area contributed by atoms with Crippen molar-refractivity contribution in [2.75, 3.05) is 5.75 Å². The first-order valence-corrected chi connectivity index (χ1v) is 11.1. The molecule has 1 aliphatic rings. The molecule has 4 rings (SSSR count). The van der Waals surface area contributed by atoms with Crippen molar-refractivity contribution in [3.05, 3.63) is 42.7 Å². The van der Waals surface area contributed by atoms with Crippen molar-refractivity contribution in [1.82, 2.24) is 9.97 Å². The van der Waals surface area contributed by atoms with E-state index < -0.39 is 0 Å². The molecule has 1 aliphatic carbocycles. The smallest absolute Gasteiger partial charge is 0.316 e. The Morgan fingerprint density at radius 2 is 2.11 bits per heavy atom. The fraction of sp³-hybridized carbons (Fsp3) is 0.381. The first-order valence-electron chi connectivity index (χ1n) is 9.31. The van der Waals surface area contributed by atoms with Gasteiger partial charge in [0.05, 0.1) is 5.75 Å². The monoisotopic (exact) mass is 398 g/mol. The van der Waals surface area contributed by atoms with E-state index in [2.05, 4.69) is 35.1 Å². The molecule has 0 N–H and O–H groups in total. The zero-order valence-corrected chi connectivity index (χ0v) is 16.9. The molecule has 2 unspecified atom stereocenters. The van der Waals surface area contributed by atoms with E-state index in [-0.39, 0.29) is 17.8 Å². The van der Waals surface area contributed by atoms with Crippen molar-refractivity contribution in [3.8, 4) is 10.4 Å². The van der Waals surface area contributed by atoms with Crippen LogP contribution in [0.25, 0.3) is 20.7 Å². The van der Waals surface area contributed by atoms with Crippen molar-refractivity contribution in [3.63, 3.8) is 0 Å². The summed E-state index contributed by atoms with van der Waals surface area (Å²) in [5, 5.41) is 1.85. The highest BCUT2D eigenvalue weighted by Gasteiger charge is 2.22. The third-order valence-corrected chi connectivity index (χ3v) is 6.94. The molecule has 0 amide bonds. The van der Waals surface area contributed by atoms with Crippen LogP contribution in [0.1, 0.15) is 32.6 Å². The van der Waals surface area contributed by atoms with Crippen LogP contribution >= 0.6 is 23.1 Å². The molecule has 0 bridgehead atoms. The number of thiophene rings is 1. The van der Waals surface area contributed by atoms with E-state index in [0.717, 1.165) is 39.4 Å². The van der Waals surface area contributed by atoms with Crippen molar-refractivity contribution < 1.29 is 9.53 Å². The van der Waals surface area contributed by atoms with Gasteiger partial charge in [0.25, 0.3) is 0 Å². The second kappa shape index (κ2) is 8.40. The van der Waals surface area contributed by atoms with E-state index in [1.54, 1.807) is 17.7 Å². The summed E-state index contributed by atoms with van der Waals surface area (Å²) in [6.07, 6.45) is 6.02. The summed E-state index contributed by atoms with van der Waals surface area (Å²) in [4.78, 5) is 23.2. The molecule has 2 atom stereocenters. The molecule has 2 heterocycles. The van der Waals surface area contributed by atoms with Crippen LogP contribution in [-0.2, 0) is 9.53 Å². The lowest BCUT2D eigenvalue weighted by atomic mass is 9.89.